The highest BCUT2D eigenvalue weighted by atomic mass is 15.2. The van der Waals surface area contributed by atoms with E-state index in [0.29, 0.717) is 5.92 Å². The minimum absolute atomic E-state index is 0.275. The second-order valence-electron chi connectivity index (χ2n) is 12.4. The van der Waals surface area contributed by atoms with Gasteiger partial charge in [-0.15, -0.1) is 0 Å². The number of allylic oxidation sites excluding steroid dienone is 3. The maximum Gasteiger partial charge on any atom is 0.0629 e. The second-order valence-corrected chi connectivity index (χ2v) is 12.4. The minimum atomic E-state index is 0.275. The molecule has 0 amide bonds. The molecule has 6 aromatic carbocycles. The molecule has 2 nitrogen and oxygen atoms in total. The SMILES string of the molecule is C1=CC2c3cc(-n4c5ccccc5c5c6c(ccc7ccccc76)c6c(c54)C=CCC6)ccc3N(c3ccccc3)C2C=C1. The average Bonchev–Trinajstić information content (AvgIpc) is 3.62. The van der Waals surface area contributed by atoms with E-state index in [1.54, 1.807) is 0 Å². The number of aromatic nitrogens is 1. The van der Waals surface area contributed by atoms with Crippen LogP contribution in [0.15, 0.2) is 140 Å². The molecule has 10 rings (SSSR count). The molecular weight excluding hydrogens is 532 g/mol. The average molecular weight is 563 g/mol. The summed E-state index contributed by atoms with van der Waals surface area (Å²) >= 11 is 0. The zero-order valence-electron chi connectivity index (χ0n) is 24.3. The number of para-hydroxylation sites is 2. The van der Waals surface area contributed by atoms with Gasteiger partial charge in [0.25, 0.3) is 0 Å². The Morgan fingerprint density at radius 2 is 1.45 bits per heavy atom. The Morgan fingerprint density at radius 3 is 2.39 bits per heavy atom. The van der Waals surface area contributed by atoms with Gasteiger partial charge >= 0.3 is 0 Å². The van der Waals surface area contributed by atoms with Gasteiger partial charge in [-0.2, -0.15) is 0 Å². The lowest BCUT2D eigenvalue weighted by Crippen LogP contribution is -2.28. The van der Waals surface area contributed by atoms with E-state index in [2.05, 4.69) is 155 Å². The lowest BCUT2D eigenvalue weighted by atomic mass is 9.86. The third-order valence-corrected chi connectivity index (χ3v) is 10.1. The summed E-state index contributed by atoms with van der Waals surface area (Å²) in [6, 6.07) is 40.9. The zero-order valence-corrected chi connectivity index (χ0v) is 24.3. The summed E-state index contributed by atoms with van der Waals surface area (Å²) in [6.45, 7) is 0. The summed E-state index contributed by atoms with van der Waals surface area (Å²) in [5.41, 5.74) is 10.6. The number of fused-ring (bicyclic) bond motifs is 13. The summed E-state index contributed by atoms with van der Waals surface area (Å²) in [5.74, 6) is 0.307. The molecule has 44 heavy (non-hydrogen) atoms. The van der Waals surface area contributed by atoms with Gasteiger partial charge in [-0.3, -0.25) is 0 Å². The van der Waals surface area contributed by atoms with Crippen molar-refractivity contribution in [2.45, 2.75) is 24.8 Å². The number of aryl methyl sites for hydroxylation is 1. The van der Waals surface area contributed by atoms with Crippen molar-refractivity contribution in [1.82, 2.24) is 4.57 Å². The molecule has 2 atom stereocenters. The molecular formula is C42H30N2. The summed E-state index contributed by atoms with van der Waals surface area (Å²) in [6.07, 6.45) is 16.0. The third kappa shape index (κ3) is 3.20. The van der Waals surface area contributed by atoms with Crippen LogP contribution >= 0.6 is 0 Å². The van der Waals surface area contributed by atoms with Crippen LogP contribution in [-0.2, 0) is 6.42 Å². The van der Waals surface area contributed by atoms with E-state index in [1.165, 1.54) is 77.1 Å². The molecule has 2 heterocycles. The van der Waals surface area contributed by atoms with Gasteiger partial charge in [-0.1, -0.05) is 109 Å². The predicted octanol–water partition coefficient (Wildman–Crippen LogP) is 10.8. The van der Waals surface area contributed by atoms with Gasteiger partial charge in [0.05, 0.1) is 17.1 Å². The van der Waals surface area contributed by atoms with Crippen LogP contribution in [-0.4, -0.2) is 10.6 Å². The first-order chi connectivity index (χ1) is 21.9. The number of rotatable bonds is 2. The Kier molecular flexibility index (Phi) is 4.98. The fourth-order valence-electron chi connectivity index (χ4n) is 8.33. The van der Waals surface area contributed by atoms with Crippen LogP contribution in [0, 0.1) is 0 Å². The Labute approximate surface area is 256 Å². The van der Waals surface area contributed by atoms with Crippen molar-refractivity contribution < 1.29 is 0 Å². The smallest absolute Gasteiger partial charge is 0.0629 e. The van der Waals surface area contributed by atoms with Gasteiger partial charge in [-0.25, -0.2) is 0 Å². The summed E-state index contributed by atoms with van der Waals surface area (Å²) in [4.78, 5) is 2.51. The fourth-order valence-corrected chi connectivity index (χ4v) is 8.33. The molecule has 0 saturated heterocycles. The monoisotopic (exact) mass is 562 g/mol. The number of hydrogen-bond acceptors (Lipinski definition) is 1. The Hall–Kier alpha value is -5.34. The normalized spacial score (nSPS) is 18.4. The van der Waals surface area contributed by atoms with Crippen LogP contribution in [0.5, 0.6) is 0 Å². The zero-order chi connectivity index (χ0) is 28.8. The Morgan fingerprint density at radius 1 is 0.636 bits per heavy atom. The molecule has 0 radical (unpaired) electrons. The molecule has 2 aliphatic carbocycles. The third-order valence-electron chi connectivity index (χ3n) is 10.1. The highest BCUT2D eigenvalue weighted by Crippen LogP contribution is 2.50. The van der Waals surface area contributed by atoms with Crippen LogP contribution in [0.25, 0.3) is 55.1 Å². The summed E-state index contributed by atoms with van der Waals surface area (Å²) < 4.78 is 2.56. The maximum absolute atomic E-state index is 2.56. The minimum Gasteiger partial charge on any atom is -0.333 e. The maximum atomic E-state index is 2.56. The van der Waals surface area contributed by atoms with Crippen molar-refractivity contribution >= 4 is 60.8 Å². The lowest BCUT2D eigenvalue weighted by molar-refractivity contribution is 0.744. The first-order valence-corrected chi connectivity index (χ1v) is 15.8. The van der Waals surface area contributed by atoms with E-state index >= 15 is 0 Å². The molecule has 0 saturated carbocycles. The second kappa shape index (κ2) is 9.08. The van der Waals surface area contributed by atoms with Crippen molar-refractivity contribution in [2.75, 3.05) is 4.90 Å². The molecule has 0 spiro atoms. The van der Waals surface area contributed by atoms with Crippen LogP contribution < -0.4 is 4.90 Å². The fraction of sp³-hybridized carbons (Fsp3) is 0.0952. The molecule has 2 heteroatoms. The highest BCUT2D eigenvalue weighted by Gasteiger charge is 2.37. The summed E-state index contributed by atoms with van der Waals surface area (Å²) in [7, 11) is 0. The Bertz CT molecular complexity index is 2400. The van der Waals surface area contributed by atoms with E-state index in [1.807, 2.05) is 0 Å². The van der Waals surface area contributed by atoms with Crippen LogP contribution in [0.2, 0.25) is 0 Å². The number of nitrogens with zero attached hydrogens (tertiary/aromatic N) is 2. The van der Waals surface area contributed by atoms with Gasteiger partial charge in [0.2, 0.25) is 0 Å². The molecule has 3 aliphatic rings. The highest BCUT2D eigenvalue weighted by molar-refractivity contribution is 6.30. The molecule has 2 unspecified atom stereocenters. The van der Waals surface area contributed by atoms with Gasteiger partial charge < -0.3 is 9.47 Å². The Balaban J connectivity index is 1.32. The number of hydrogen-bond donors (Lipinski definition) is 0. The van der Waals surface area contributed by atoms with Crippen molar-refractivity contribution in [3.63, 3.8) is 0 Å². The largest absolute Gasteiger partial charge is 0.333 e. The molecule has 208 valence electrons. The van der Waals surface area contributed by atoms with Crippen LogP contribution in [0.1, 0.15) is 29.0 Å². The first-order valence-electron chi connectivity index (χ1n) is 15.8. The van der Waals surface area contributed by atoms with Crippen LogP contribution in [0.3, 0.4) is 0 Å². The van der Waals surface area contributed by atoms with Crippen molar-refractivity contribution in [3.05, 3.63) is 156 Å². The van der Waals surface area contributed by atoms with Gasteiger partial charge in [0, 0.05) is 39.3 Å². The van der Waals surface area contributed by atoms with E-state index in [0.717, 1.165) is 12.8 Å². The van der Waals surface area contributed by atoms with Crippen molar-refractivity contribution in [1.29, 1.82) is 0 Å². The van der Waals surface area contributed by atoms with Crippen molar-refractivity contribution in [3.8, 4) is 5.69 Å². The molecule has 1 aliphatic heterocycles. The van der Waals surface area contributed by atoms with E-state index < -0.39 is 0 Å². The van der Waals surface area contributed by atoms with E-state index in [4.69, 9.17) is 0 Å². The molecule has 1 aromatic heterocycles. The first kappa shape index (κ1) is 24.1. The molecule has 0 fully saturated rings. The van der Waals surface area contributed by atoms with Crippen molar-refractivity contribution in [2.24, 2.45) is 0 Å². The lowest BCUT2D eigenvalue weighted by Gasteiger charge is -2.28. The van der Waals surface area contributed by atoms with Crippen LogP contribution in [0.4, 0.5) is 11.4 Å². The summed E-state index contributed by atoms with van der Waals surface area (Å²) in [5, 5.41) is 8.10. The topological polar surface area (TPSA) is 8.17 Å². The van der Waals surface area contributed by atoms with Gasteiger partial charge in [-0.05, 0) is 81.9 Å². The molecule has 7 aromatic rings. The predicted molar refractivity (Wildman–Crippen MR) is 187 cm³/mol. The molecule has 0 bridgehead atoms. The van der Waals surface area contributed by atoms with E-state index in [-0.39, 0.29) is 6.04 Å². The van der Waals surface area contributed by atoms with Gasteiger partial charge in [0.15, 0.2) is 0 Å². The molecule has 0 N–H and O–H groups in total. The standard InChI is InChI=1S/C42H30N2/c1-2-13-28(14-3-1)43-37-20-10-8-17-32(37)36-26-29(23-25-39(36)43)44-38-21-11-9-19-35(38)41-40-30-15-5-4-12-27(30)22-24-33(40)31-16-6-7-18-34(31)42(41)44/h1-5,7-15,17-26,32,37H,6,16H2. The quantitative estimate of drug-likeness (QED) is 0.190. The number of benzene rings is 6. The van der Waals surface area contributed by atoms with E-state index in [9.17, 15) is 0 Å². The van der Waals surface area contributed by atoms with Gasteiger partial charge in [0.1, 0.15) is 0 Å². The number of anilines is 2.